The molecule has 5 heteroatoms. The zero-order valence-electron chi connectivity index (χ0n) is 34.8. The molecule has 2 heterocycles. The molecule has 5 nitrogen and oxygen atoms in total. The van der Waals surface area contributed by atoms with E-state index in [1.807, 2.05) is 66.7 Å². The number of fused-ring (bicyclic) bond motifs is 3. The van der Waals surface area contributed by atoms with Gasteiger partial charge in [-0.3, -0.25) is 0 Å². The van der Waals surface area contributed by atoms with Crippen molar-refractivity contribution in [2.75, 3.05) is 4.90 Å². The third kappa shape index (κ3) is 7.15. The molecule has 0 unspecified atom stereocenters. The molecule has 0 amide bonds. The molecule has 0 radical (unpaired) electrons. The second-order valence-corrected chi connectivity index (χ2v) is 15.7. The topological polar surface area (TPSA) is 38.3 Å². The van der Waals surface area contributed by atoms with Crippen LogP contribution in [0, 0.1) is 6.57 Å². The second-order valence-electron chi connectivity index (χ2n) is 15.7. The molecule has 0 saturated heterocycles. The zero-order chi connectivity index (χ0) is 42.8. The highest BCUT2D eigenvalue weighted by atomic mass is 15.1. The monoisotopic (exact) mass is 817 g/mol. The lowest BCUT2D eigenvalue weighted by molar-refractivity contribution is 1.18. The smallest absolute Gasteiger partial charge is 0.195 e. The molecule has 0 N–H and O–H groups in total. The quantitative estimate of drug-likeness (QED) is 0.136. The molecule has 0 spiro atoms. The predicted octanol–water partition coefficient (Wildman–Crippen LogP) is 15.9. The van der Waals surface area contributed by atoms with E-state index in [4.69, 9.17) is 16.5 Å². The fourth-order valence-corrected chi connectivity index (χ4v) is 8.72. The first kappa shape index (κ1) is 38.1. The van der Waals surface area contributed by atoms with Gasteiger partial charge in [-0.1, -0.05) is 164 Å². The summed E-state index contributed by atoms with van der Waals surface area (Å²) in [6.45, 7) is 8.19. The van der Waals surface area contributed by atoms with Gasteiger partial charge in [-0.25, -0.2) is 14.8 Å². The van der Waals surface area contributed by atoms with Crippen molar-refractivity contribution in [1.82, 2.24) is 14.5 Å². The van der Waals surface area contributed by atoms with E-state index in [1.165, 1.54) is 10.8 Å². The molecule has 64 heavy (non-hydrogen) atoms. The maximum atomic E-state index is 8.19. The summed E-state index contributed by atoms with van der Waals surface area (Å²) in [4.78, 5) is 16.2. The number of hydrogen-bond acceptors (Lipinski definition) is 3. The van der Waals surface area contributed by atoms with E-state index in [2.05, 4.69) is 184 Å². The summed E-state index contributed by atoms with van der Waals surface area (Å²) < 4.78 is 2.36. The predicted molar refractivity (Wildman–Crippen MR) is 264 cm³/mol. The largest absolute Gasteiger partial charge is 0.310 e. The summed E-state index contributed by atoms with van der Waals surface area (Å²) in [5.41, 5.74) is 15.8. The van der Waals surface area contributed by atoms with Crippen LogP contribution in [0.2, 0.25) is 0 Å². The fourth-order valence-electron chi connectivity index (χ4n) is 8.72. The number of benzene rings is 9. The number of aromatic nitrogens is 3. The van der Waals surface area contributed by atoms with Crippen LogP contribution in [-0.4, -0.2) is 14.5 Å². The van der Waals surface area contributed by atoms with E-state index in [0.717, 1.165) is 84.1 Å². The highest BCUT2D eigenvalue weighted by molar-refractivity contribution is 6.10. The van der Waals surface area contributed by atoms with Crippen LogP contribution in [0.4, 0.5) is 22.7 Å². The summed E-state index contributed by atoms with van der Waals surface area (Å²) in [6, 6.07) is 82.0. The number of rotatable bonds is 9. The average molecular weight is 818 g/mol. The van der Waals surface area contributed by atoms with Crippen molar-refractivity contribution < 1.29 is 0 Å². The molecule has 0 fully saturated rings. The minimum atomic E-state index is 0.571. The zero-order valence-corrected chi connectivity index (χ0v) is 34.8. The Kier molecular flexibility index (Phi) is 9.85. The lowest BCUT2D eigenvalue weighted by Gasteiger charge is -2.25. The summed E-state index contributed by atoms with van der Waals surface area (Å²) in [5.74, 6) is 0.646. The van der Waals surface area contributed by atoms with Gasteiger partial charge in [-0.05, 0) is 101 Å². The number of nitrogens with zero attached hydrogens (tertiary/aromatic N) is 5. The van der Waals surface area contributed by atoms with Gasteiger partial charge in [0, 0.05) is 44.6 Å². The molecular formula is C59H39N5. The van der Waals surface area contributed by atoms with E-state index in [1.54, 1.807) is 0 Å². The Balaban J connectivity index is 0.895. The maximum Gasteiger partial charge on any atom is 0.195 e. The van der Waals surface area contributed by atoms with Crippen molar-refractivity contribution >= 4 is 44.6 Å². The lowest BCUT2D eigenvalue weighted by atomic mass is 9.97. The van der Waals surface area contributed by atoms with Gasteiger partial charge in [0.05, 0.1) is 29.0 Å². The molecule has 2 aromatic heterocycles. The Hall–Kier alpha value is -8.85. The van der Waals surface area contributed by atoms with Crippen molar-refractivity contribution in [2.45, 2.75) is 0 Å². The van der Waals surface area contributed by atoms with Gasteiger partial charge < -0.3 is 9.47 Å². The Morgan fingerprint density at radius 1 is 0.375 bits per heavy atom. The molecule has 300 valence electrons. The van der Waals surface area contributed by atoms with Crippen LogP contribution in [0.5, 0.6) is 0 Å². The molecule has 0 atom stereocenters. The van der Waals surface area contributed by atoms with Crippen molar-refractivity contribution in [3.8, 4) is 61.8 Å². The highest BCUT2D eigenvalue weighted by Crippen LogP contribution is 2.41. The Morgan fingerprint density at radius 3 is 1.53 bits per heavy atom. The van der Waals surface area contributed by atoms with E-state index in [0.29, 0.717) is 11.5 Å². The first-order valence-corrected chi connectivity index (χ1v) is 21.3. The first-order valence-electron chi connectivity index (χ1n) is 21.3. The van der Waals surface area contributed by atoms with Gasteiger partial charge in [-0.15, -0.1) is 0 Å². The molecule has 0 aliphatic rings. The van der Waals surface area contributed by atoms with E-state index < -0.39 is 0 Å². The summed E-state index contributed by atoms with van der Waals surface area (Å²) in [7, 11) is 0. The lowest BCUT2D eigenvalue weighted by Crippen LogP contribution is -2.09. The Labute approximate surface area is 372 Å². The van der Waals surface area contributed by atoms with Gasteiger partial charge in [0.2, 0.25) is 0 Å². The van der Waals surface area contributed by atoms with Gasteiger partial charge in [0.25, 0.3) is 0 Å². The van der Waals surface area contributed by atoms with Crippen LogP contribution in [0.3, 0.4) is 0 Å². The second kappa shape index (κ2) is 16.5. The number of anilines is 3. The molecule has 0 saturated carbocycles. The van der Waals surface area contributed by atoms with E-state index in [9.17, 15) is 0 Å². The van der Waals surface area contributed by atoms with Crippen molar-refractivity contribution in [1.29, 1.82) is 0 Å². The van der Waals surface area contributed by atoms with E-state index in [-0.39, 0.29) is 0 Å². The first-order chi connectivity index (χ1) is 31.7. The van der Waals surface area contributed by atoms with Crippen molar-refractivity contribution in [3.05, 3.63) is 248 Å². The summed E-state index contributed by atoms with van der Waals surface area (Å²) in [6.07, 6.45) is 0. The van der Waals surface area contributed by atoms with Crippen LogP contribution in [-0.2, 0) is 0 Å². The van der Waals surface area contributed by atoms with E-state index >= 15 is 0 Å². The Morgan fingerprint density at radius 2 is 0.891 bits per heavy atom. The highest BCUT2D eigenvalue weighted by Gasteiger charge is 2.18. The molecular weight excluding hydrogens is 779 g/mol. The average Bonchev–Trinajstić information content (AvgIpc) is 3.71. The van der Waals surface area contributed by atoms with Gasteiger partial charge >= 0.3 is 0 Å². The van der Waals surface area contributed by atoms with Crippen molar-refractivity contribution in [3.63, 3.8) is 0 Å². The van der Waals surface area contributed by atoms with Gasteiger partial charge in [-0.2, -0.15) is 0 Å². The standard InChI is InChI=1S/C59H39N5/c1-60-56-38-46(55-40-54(44-16-6-2-7-17-44)61-59(62-55)45-18-8-3-9-19-45)32-36-51(56)43-28-26-41(27-29-43)42-30-33-49(34-31-42)64-57-25-15-14-24-52(57)53-39-50(35-37-58(53)64)63(47-20-10-4-11-21-47)48-22-12-5-13-23-48/h2-40H. The SMILES string of the molecule is [C-]#[N+]c1cc(-c2cc(-c3ccccc3)nc(-c3ccccc3)n2)ccc1-c1ccc(-c2ccc(-n3c4ccccc4c4cc(N(c5ccccc5)c5ccccc5)ccc43)cc2)cc1. The maximum absolute atomic E-state index is 8.19. The minimum Gasteiger partial charge on any atom is -0.310 e. The number of para-hydroxylation sites is 3. The third-order valence-corrected chi connectivity index (χ3v) is 11.8. The third-order valence-electron chi connectivity index (χ3n) is 11.8. The Bertz CT molecular complexity index is 3370. The van der Waals surface area contributed by atoms with Crippen LogP contribution in [0.15, 0.2) is 237 Å². The van der Waals surface area contributed by atoms with Crippen LogP contribution >= 0.6 is 0 Å². The molecule has 11 rings (SSSR count). The normalized spacial score (nSPS) is 11.1. The molecule has 0 bridgehead atoms. The molecule has 11 aromatic rings. The minimum absolute atomic E-state index is 0.571. The fraction of sp³-hybridized carbons (Fsp3) is 0. The summed E-state index contributed by atoms with van der Waals surface area (Å²) in [5, 5.41) is 2.40. The summed E-state index contributed by atoms with van der Waals surface area (Å²) >= 11 is 0. The van der Waals surface area contributed by atoms with Crippen LogP contribution < -0.4 is 4.90 Å². The molecule has 9 aromatic carbocycles. The van der Waals surface area contributed by atoms with Crippen LogP contribution in [0.1, 0.15) is 0 Å². The molecule has 0 aliphatic heterocycles. The number of hydrogen-bond donors (Lipinski definition) is 0. The van der Waals surface area contributed by atoms with Gasteiger partial charge in [0.15, 0.2) is 11.5 Å². The van der Waals surface area contributed by atoms with Crippen LogP contribution in [0.25, 0.3) is 88.5 Å². The van der Waals surface area contributed by atoms with Gasteiger partial charge in [0.1, 0.15) is 0 Å². The molecule has 0 aliphatic carbocycles. The van der Waals surface area contributed by atoms with Crippen molar-refractivity contribution in [2.24, 2.45) is 0 Å².